The van der Waals surface area contributed by atoms with Gasteiger partial charge < -0.3 is 14.8 Å². The lowest BCUT2D eigenvalue weighted by Crippen LogP contribution is -2.12. The van der Waals surface area contributed by atoms with Crippen molar-refractivity contribution in [2.24, 2.45) is 0 Å². The standard InChI is InChI=1S/C16H14Cl2N2O2/c17-10-5-6-11(12(18)7-10)15(22)8-20-14-4-2-1-3-13(14)19-16(20)9-21/h1-7,15,21-22H,8-9H2. The number of fused-ring (bicyclic) bond motifs is 1. The Balaban J connectivity index is 1.98. The third-order valence-corrected chi connectivity index (χ3v) is 4.11. The molecule has 0 radical (unpaired) electrons. The fraction of sp³-hybridized carbons (Fsp3) is 0.188. The van der Waals surface area contributed by atoms with Crippen LogP contribution in [0, 0.1) is 0 Å². The third kappa shape index (κ3) is 2.83. The first-order valence-electron chi connectivity index (χ1n) is 6.78. The lowest BCUT2D eigenvalue weighted by atomic mass is 10.1. The number of hydrogen-bond donors (Lipinski definition) is 2. The maximum absolute atomic E-state index is 10.5. The number of imidazole rings is 1. The number of rotatable bonds is 4. The largest absolute Gasteiger partial charge is 0.388 e. The first-order valence-corrected chi connectivity index (χ1v) is 7.53. The van der Waals surface area contributed by atoms with Gasteiger partial charge >= 0.3 is 0 Å². The molecule has 6 heteroatoms. The molecule has 3 aromatic rings. The molecule has 1 aromatic heterocycles. The van der Waals surface area contributed by atoms with Crippen molar-refractivity contribution in [3.8, 4) is 0 Å². The van der Waals surface area contributed by atoms with Gasteiger partial charge in [-0.15, -0.1) is 0 Å². The van der Waals surface area contributed by atoms with Crippen molar-refractivity contribution in [3.63, 3.8) is 0 Å². The highest BCUT2D eigenvalue weighted by Gasteiger charge is 2.17. The number of aromatic nitrogens is 2. The van der Waals surface area contributed by atoms with E-state index >= 15 is 0 Å². The van der Waals surface area contributed by atoms with Gasteiger partial charge in [-0.05, 0) is 24.3 Å². The summed E-state index contributed by atoms with van der Waals surface area (Å²) in [5.74, 6) is 0.505. The Bertz CT molecular complexity index is 817. The molecule has 1 atom stereocenters. The Labute approximate surface area is 137 Å². The Morgan fingerprint density at radius 2 is 1.91 bits per heavy atom. The van der Waals surface area contributed by atoms with Crippen LogP contribution in [0.4, 0.5) is 0 Å². The van der Waals surface area contributed by atoms with E-state index in [9.17, 15) is 10.2 Å². The van der Waals surface area contributed by atoms with Crippen molar-refractivity contribution in [2.75, 3.05) is 0 Å². The molecule has 0 aliphatic heterocycles. The molecule has 0 fully saturated rings. The number of nitrogens with zero attached hydrogens (tertiary/aromatic N) is 2. The van der Waals surface area contributed by atoms with E-state index in [1.165, 1.54) is 0 Å². The molecule has 0 amide bonds. The highest BCUT2D eigenvalue weighted by molar-refractivity contribution is 6.35. The topological polar surface area (TPSA) is 58.3 Å². The lowest BCUT2D eigenvalue weighted by Gasteiger charge is -2.16. The van der Waals surface area contributed by atoms with Crippen LogP contribution in [0.3, 0.4) is 0 Å². The fourth-order valence-corrected chi connectivity index (χ4v) is 3.03. The van der Waals surface area contributed by atoms with Gasteiger partial charge in [-0.2, -0.15) is 0 Å². The second-order valence-corrected chi connectivity index (χ2v) is 5.81. The van der Waals surface area contributed by atoms with Gasteiger partial charge in [0.05, 0.1) is 23.7 Å². The minimum atomic E-state index is -0.826. The summed E-state index contributed by atoms with van der Waals surface area (Å²) in [5.41, 5.74) is 2.23. The van der Waals surface area contributed by atoms with E-state index in [1.54, 1.807) is 22.8 Å². The van der Waals surface area contributed by atoms with Gasteiger partial charge in [-0.3, -0.25) is 0 Å². The predicted octanol–water partition coefficient (Wildman–Crippen LogP) is 3.57. The molecule has 0 saturated heterocycles. The van der Waals surface area contributed by atoms with Gasteiger partial charge in [0, 0.05) is 15.6 Å². The molecule has 114 valence electrons. The molecule has 0 aliphatic rings. The molecular weight excluding hydrogens is 323 g/mol. The maximum atomic E-state index is 10.5. The molecule has 0 bridgehead atoms. The molecule has 22 heavy (non-hydrogen) atoms. The van der Waals surface area contributed by atoms with Gasteiger partial charge in [0.25, 0.3) is 0 Å². The van der Waals surface area contributed by atoms with Gasteiger partial charge in [0.15, 0.2) is 0 Å². The van der Waals surface area contributed by atoms with Gasteiger partial charge in [-0.1, -0.05) is 41.4 Å². The van der Waals surface area contributed by atoms with E-state index in [0.717, 1.165) is 11.0 Å². The monoisotopic (exact) mass is 336 g/mol. The van der Waals surface area contributed by atoms with Crippen LogP contribution in [-0.4, -0.2) is 19.8 Å². The highest BCUT2D eigenvalue weighted by Crippen LogP contribution is 2.28. The van der Waals surface area contributed by atoms with Crippen LogP contribution in [0.15, 0.2) is 42.5 Å². The van der Waals surface area contributed by atoms with Crippen LogP contribution in [0.1, 0.15) is 17.5 Å². The Morgan fingerprint density at radius 1 is 1.14 bits per heavy atom. The molecular formula is C16H14Cl2N2O2. The predicted molar refractivity (Wildman–Crippen MR) is 87.1 cm³/mol. The number of hydrogen-bond acceptors (Lipinski definition) is 3. The van der Waals surface area contributed by atoms with E-state index in [4.69, 9.17) is 23.2 Å². The van der Waals surface area contributed by atoms with Crippen molar-refractivity contribution < 1.29 is 10.2 Å². The first-order chi connectivity index (χ1) is 10.6. The van der Waals surface area contributed by atoms with E-state index in [-0.39, 0.29) is 13.2 Å². The van der Waals surface area contributed by atoms with Crippen LogP contribution < -0.4 is 0 Å². The summed E-state index contributed by atoms with van der Waals surface area (Å²) < 4.78 is 1.80. The molecule has 0 aliphatic carbocycles. The van der Waals surface area contributed by atoms with E-state index in [1.807, 2.05) is 24.3 Å². The minimum absolute atomic E-state index is 0.199. The quantitative estimate of drug-likeness (QED) is 0.765. The van der Waals surface area contributed by atoms with Crippen molar-refractivity contribution >= 4 is 34.2 Å². The smallest absolute Gasteiger partial charge is 0.135 e. The zero-order valence-electron chi connectivity index (χ0n) is 11.6. The summed E-state index contributed by atoms with van der Waals surface area (Å²) in [6.45, 7) is 0.0491. The number of benzene rings is 2. The molecule has 0 spiro atoms. The second-order valence-electron chi connectivity index (χ2n) is 4.97. The summed E-state index contributed by atoms with van der Waals surface area (Å²) >= 11 is 12.0. The van der Waals surface area contributed by atoms with E-state index in [2.05, 4.69) is 4.98 Å². The fourth-order valence-electron chi connectivity index (χ4n) is 2.49. The van der Waals surface area contributed by atoms with Crippen molar-refractivity contribution in [1.29, 1.82) is 0 Å². The third-order valence-electron chi connectivity index (χ3n) is 3.55. The van der Waals surface area contributed by atoms with E-state index in [0.29, 0.717) is 21.4 Å². The zero-order valence-corrected chi connectivity index (χ0v) is 13.1. The molecule has 1 unspecified atom stereocenters. The van der Waals surface area contributed by atoms with Gasteiger partial charge in [0.2, 0.25) is 0 Å². The number of aliphatic hydroxyl groups excluding tert-OH is 2. The first kappa shape index (κ1) is 15.3. The Kier molecular flexibility index (Phi) is 4.36. The minimum Gasteiger partial charge on any atom is -0.388 e. The number of para-hydroxylation sites is 2. The van der Waals surface area contributed by atoms with Crippen molar-refractivity contribution in [2.45, 2.75) is 19.3 Å². The second kappa shape index (κ2) is 6.26. The summed E-state index contributed by atoms with van der Waals surface area (Å²) in [4.78, 5) is 4.36. The average molecular weight is 337 g/mol. The molecule has 2 aromatic carbocycles. The highest BCUT2D eigenvalue weighted by atomic mass is 35.5. The normalized spacial score (nSPS) is 12.7. The summed E-state index contributed by atoms with van der Waals surface area (Å²) in [5, 5.41) is 20.9. The number of aliphatic hydroxyl groups is 2. The molecule has 0 saturated carbocycles. The van der Waals surface area contributed by atoms with Crippen LogP contribution in [0.25, 0.3) is 11.0 Å². The van der Waals surface area contributed by atoms with Crippen molar-refractivity contribution in [3.05, 3.63) is 63.9 Å². The Morgan fingerprint density at radius 3 is 2.64 bits per heavy atom. The van der Waals surface area contributed by atoms with Crippen LogP contribution in [0.2, 0.25) is 10.0 Å². The molecule has 1 heterocycles. The molecule has 3 rings (SSSR count). The SMILES string of the molecule is OCc1nc2ccccc2n1CC(O)c1ccc(Cl)cc1Cl. The Hall–Kier alpha value is -1.59. The van der Waals surface area contributed by atoms with Crippen molar-refractivity contribution in [1.82, 2.24) is 9.55 Å². The van der Waals surface area contributed by atoms with Gasteiger partial charge in [0.1, 0.15) is 12.4 Å². The van der Waals surface area contributed by atoms with Crippen LogP contribution >= 0.6 is 23.2 Å². The summed E-state index contributed by atoms with van der Waals surface area (Å²) in [6, 6.07) is 12.5. The molecule has 4 nitrogen and oxygen atoms in total. The summed E-state index contributed by atoms with van der Waals surface area (Å²) in [7, 11) is 0. The van der Waals surface area contributed by atoms with Crippen LogP contribution in [-0.2, 0) is 13.2 Å². The summed E-state index contributed by atoms with van der Waals surface area (Å²) in [6.07, 6.45) is -0.826. The zero-order chi connectivity index (χ0) is 15.7. The average Bonchev–Trinajstić information content (AvgIpc) is 2.85. The van der Waals surface area contributed by atoms with Gasteiger partial charge in [-0.25, -0.2) is 4.98 Å². The van der Waals surface area contributed by atoms with E-state index < -0.39 is 6.10 Å². The maximum Gasteiger partial charge on any atom is 0.135 e. The lowest BCUT2D eigenvalue weighted by molar-refractivity contribution is 0.153. The van der Waals surface area contributed by atoms with Crippen LogP contribution in [0.5, 0.6) is 0 Å². The number of halogens is 2. The molecule has 2 N–H and O–H groups in total.